The minimum Gasteiger partial charge on any atom is -0.330 e. The summed E-state index contributed by atoms with van der Waals surface area (Å²) in [4.78, 5) is 4.55. The number of para-hydroxylation sites is 1. The largest absolute Gasteiger partial charge is 0.330 e. The van der Waals surface area contributed by atoms with E-state index in [4.69, 9.17) is 5.73 Å². The molecular formula is C11H15N3. The van der Waals surface area contributed by atoms with Crippen molar-refractivity contribution in [2.45, 2.75) is 19.9 Å². The third-order valence-corrected chi connectivity index (χ3v) is 2.56. The van der Waals surface area contributed by atoms with E-state index in [2.05, 4.69) is 28.6 Å². The second-order valence-corrected chi connectivity index (χ2v) is 3.76. The Labute approximate surface area is 83.6 Å². The second kappa shape index (κ2) is 3.10. The maximum absolute atomic E-state index is 5.85. The molecular weight excluding hydrogens is 174 g/mol. The molecule has 1 unspecified atom stereocenters. The van der Waals surface area contributed by atoms with Gasteiger partial charge in [0, 0.05) is 7.05 Å². The monoisotopic (exact) mass is 189 g/mol. The van der Waals surface area contributed by atoms with Crippen LogP contribution in [0.15, 0.2) is 18.2 Å². The minimum atomic E-state index is -0.0215. The van der Waals surface area contributed by atoms with Gasteiger partial charge in [0.2, 0.25) is 0 Å². The van der Waals surface area contributed by atoms with Gasteiger partial charge in [-0.2, -0.15) is 0 Å². The van der Waals surface area contributed by atoms with Crippen molar-refractivity contribution < 1.29 is 0 Å². The summed E-state index contributed by atoms with van der Waals surface area (Å²) in [5, 5.41) is 0. The van der Waals surface area contributed by atoms with E-state index < -0.39 is 0 Å². The molecule has 0 fully saturated rings. The Balaban J connectivity index is 2.80. The molecule has 0 saturated heterocycles. The molecule has 0 bridgehead atoms. The molecule has 0 aliphatic carbocycles. The highest BCUT2D eigenvalue weighted by Crippen LogP contribution is 2.20. The third-order valence-electron chi connectivity index (χ3n) is 2.56. The molecule has 14 heavy (non-hydrogen) atoms. The van der Waals surface area contributed by atoms with Crippen LogP contribution in [0.5, 0.6) is 0 Å². The van der Waals surface area contributed by atoms with E-state index in [0.29, 0.717) is 0 Å². The Bertz CT molecular complexity index is 469. The SMILES string of the molecule is Cc1cccc2c1nc(C(C)N)n2C. The van der Waals surface area contributed by atoms with Crippen molar-refractivity contribution in [3.63, 3.8) is 0 Å². The maximum atomic E-state index is 5.85. The first-order chi connectivity index (χ1) is 6.61. The van der Waals surface area contributed by atoms with Crippen LogP contribution in [0.3, 0.4) is 0 Å². The molecule has 0 amide bonds. The van der Waals surface area contributed by atoms with E-state index in [0.717, 1.165) is 16.9 Å². The van der Waals surface area contributed by atoms with Crippen molar-refractivity contribution in [2.24, 2.45) is 12.8 Å². The molecule has 0 radical (unpaired) electrons. The number of benzene rings is 1. The Morgan fingerprint density at radius 2 is 2.14 bits per heavy atom. The summed E-state index contributed by atoms with van der Waals surface area (Å²) in [6.07, 6.45) is 0. The molecule has 3 heteroatoms. The predicted molar refractivity (Wildman–Crippen MR) is 58.1 cm³/mol. The van der Waals surface area contributed by atoms with E-state index in [9.17, 15) is 0 Å². The van der Waals surface area contributed by atoms with Gasteiger partial charge in [-0.25, -0.2) is 4.98 Å². The van der Waals surface area contributed by atoms with Crippen LogP contribution in [0.1, 0.15) is 24.4 Å². The van der Waals surface area contributed by atoms with Gasteiger partial charge < -0.3 is 10.3 Å². The Kier molecular flexibility index (Phi) is 2.04. The standard InChI is InChI=1S/C11H15N3/c1-7-5-4-6-9-10(7)13-11(8(2)12)14(9)3/h4-6,8H,12H2,1-3H3. The second-order valence-electron chi connectivity index (χ2n) is 3.76. The maximum Gasteiger partial charge on any atom is 0.126 e. The molecule has 1 heterocycles. The van der Waals surface area contributed by atoms with Gasteiger partial charge in [0.25, 0.3) is 0 Å². The zero-order valence-corrected chi connectivity index (χ0v) is 8.78. The van der Waals surface area contributed by atoms with Gasteiger partial charge in [0.15, 0.2) is 0 Å². The topological polar surface area (TPSA) is 43.8 Å². The quantitative estimate of drug-likeness (QED) is 0.744. The van der Waals surface area contributed by atoms with Crippen LogP contribution in [0.2, 0.25) is 0 Å². The number of rotatable bonds is 1. The lowest BCUT2D eigenvalue weighted by molar-refractivity contribution is 0.696. The molecule has 2 N–H and O–H groups in total. The van der Waals surface area contributed by atoms with Crippen molar-refractivity contribution in [1.29, 1.82) is 0 Å². The van der Waals surface area contributed by atoms with E-state index in [1.807, 2.05) is 20.0 Å². The molecule has 2 aromatic rings. The van der Waals surface area contributed by atoms with E-state index in [1.54, 1.807) is 0 Å². The van der Waals surface area contributed by atoms with Gasteiger partial charge in [-0.15, -0.1) is 0 Å². The number of aryl methyl sites for hydroxylation is 2. The number of aromatic nitrogens is 2. The van der Waals surface area contributed by atoms with Crippen LogP contribution < -0.4 is 5.73 Å². The van der Waals surface area contributed by atoms with Gasteiger partial charge in [-0.1, -0.05) is 12.1 Å². The normalized spacial score (nSPS) is 13.4. The van der Waals surface area contributed by atoms with Gasteiger partial charge in [-0.05, 0) is 25.5 Å². The lowest BCUT2D eigenvalue weighted by atomic mass is 10.2. The minimum absolute atomic E-state index is 0.0215. The van der Waals surface area contributed by atoms with E-state index in [1.165, 1.54) is 5.56 Å². The van der Waals surface area contributed by atoms with E-state index in [-0.39, 0.29) is 6.04 Å². The van der Waals surface area contributed by atoms with Crippen molar-refractivity contribution in [3.8, 4) is 0 Å². The Hall–Kier alpha value is -1.35. The van der Waals surface area contributed by atoms with Crippen molar-refractivity contribution >= 4 is 11.0 Å². The zero-order valence-electron chi connectivity index (χ0n) is 8.78. The van der Waals surface area contributed by atoms with Gasteiger partial charge in [0.1, 0.15) is 5.82 Å². The number of imidazole rings is 1. The van der Waals surface area contributed by atoms with Crippen LogP contribution in [0.25, 0.3) is 11.0 Å². The van der Waals surface area contributed by atoms with Crippen LogP contribution in [-0.2, 0) is 7.05 Å². The molecule has 2 rings (SSSR count). The summed E-state index contributed by atoms with van der Waals surface area (Å²) in [5.74, 6) is 0.939. The van der Waals surface area contributed by atoms with Gasteiger partial charge >= 0.3 is 0 Å². The highest BCUT2D eigenvalue weighted by molar-refractivity contribution is 5.79. The van der Waals surface area contributed by atoms with Crippen molar-refractivity contribution in [3.05, 3.63) is 29.6 Å². The van der Waals surface area contributed by atoms with Crippen LogP contribution >= 0.6 is 0 Å². The van der Waals surface area contributed by atoms with Crippen LogP contribution in [0.4, 0.5) is 0 Å². The summed E-state index contributed by atoms with van der Waals surface area (Å²) in [6.45, 7) is 4.02. The number of hydrogen-bond donors (Lipinski definition) is 1. The molecule has 1 atom stereocenters. The van der Waals surface area contributed by atoms with E-state index >= 15 is 0 Å². The molecule has 0 aliphatic rings. The van der Waals surface area contributed by atoms with Crippen molar-refractivity contribution in [2.75, 3.05) is 0 Å². The summed E-state index contributed by atoms with van der Waals surface area (Å²) in [7, 11) is 2.01. The zero-order chi connectivity index (χ0) is 10.3. The molecule has 1 aromatic heterocycles. The molecule has 0 saturated carbocycles. The average Bonchev–Trinajstić information content (AvgIpc) is 2.46. The van der Waals surface area contributed by atoms with Gasteiger partial charge in [-0.3, -0.25) is 0 Å². The number of fused-ring (bicyclic) bond motifs is 1. The fourth-order valence-corrected chi connectivity index (χ4v) is 1.78. The summed E-state index contributed by atoms with van der Waals surface area (Å²) < 4.78 is 2.06. The highest BCUT2D eigenvalue weighted by atomic mass is 15.1. The third kappa shape index (κ3) is 1.21. The average molecular weight is 189 g/mol. The summed E-state index contributed by atoms with van der Waals surface area (Å²) >= 11 is 0. The highest BCUT2D eigenvalue weighted by Gasteiger charge is 2.11. The Morgan fingerprint density at radius 3 is 2.71 bits per heavy atom. The smallest absolute Gasteiger partial charge is 0.126 e. The number of nitrogens with two attached hydrogens (primary N) is 1. The first-order valence-corrected chi connectivity index (χ1v) is 4.79. The number of hydrogen-bond acceptors (Lipinski definition) is 2. The summed E-state index contributed by atoms with van der Waals surface area (Å²) in [6, 6.07) is 6.16. The molecule has 0 spiro atoms. The fourth-order valence-electron chi connectivity index (χ4n) is 1.78. The Morgan fingerprint density at radius 1 is 1.43 bits per heavy atom. The van der Waals surface area contributed by atoms with Crippen molar-refractivity contribution in [1.82, 2.24) is 9.55 Å². The summed E-state index contributed by atoms with van der Waals surface area (Å²) in [5.41, 5.74) is 9.25. The predicted octanol–water partition coefficient (Wildman–Crippen LogP) is 1.90. The lowest BCUT2D eigenvalue weighted by Crippen LogP contribution is -2.11. The first-order valence-electron chi connectivity index (χ1n) is 4.79. The fraction of sp³-hybridized carbons (Fsp3) is 0.364. The molecule has 3 nitrogen and oxygen atoms in total. The molecule has 1 aromatic carbocycles. The van der Waals surface area contributed by atoms with Gasteiger partial charge in [0.05, 0.1) is 17.1 Å². The molecule has 0 aliphatic heterocycles. The van der Waals surface area contributed by atoms with Crippen LogP contribution in [-0.4, -0.2) is 9.55 Å². The lowest BCUT2D eigenvalue weighted by Gasteiger charge is -2.04. The number of nitrogens with zero attached hydrogens (tertiary/aromatic N) is 2. The first kappa shape index (κ1) is 9.21. The molecule has 74 valence electrons. The van der Waals surface area contributed by atoms with Crippen LogP contribution in [0, 0.1) is 6.92 Å².